The molecule has 4 heterocycles. The number of carbonyl (C=O) groups excluding carboxylic acids is 1. The van der Waals surface area contributed by atoms with E-state index in [9.17, 15) is 4.79 Å². The van der Waals surface area contributed by atoms with Crippen molar-refractivity contribution in [3.05, 3.63) is 51.5 Å². The Bertz CT molecular complexity index is 1250. The summed E-state index contributed by atoms with van der Waals surface area (Å²) in [5.74, 6) is -0.193. The molecule has 4 aromatic rings. The zero-order valence-electron chi connectivity index (χ0n) is 15.9. The van der Waals surface area contributed by atoms with Crippen LogP contribution >= 0.6 is 23.2 Å². The van der Waals surface area contributed by atoms with E-state index in [1.165, 1.54) is 0 Å². The number of fused-ring (bicyclic) bond motifs is 2. The minimum atomic E-state index is -0.539. The third kappa shape index (κ3) is 3.86. The van der Waals surface area contributed by atoms with E-state index >= 15 is 0 Å². The van der Waals surface area contributed by atoms with Crippen molar-refractivity contribution < 1.29 is 14.3 Å². The number of hydrogen-bond donors (Lipinski definition) is 0. The van der Waals surface area contributed by atoms with Gasteiger partial charge >= 0.3 is 5.97 Å². The molecule has 0 spiro atoms. The van der Waals surface area contributed by atoms with Crippen LogP contribution in [0.4, 0.5) is 0 Å². The monoisotopic (exact) mass is 433 g/mol. The number of imidazole rings is 1. The van der Waals surface area contributed by atoms with E-state index in [1.54, 1.807) is 34.6 Å². The second-order valence-corrected chi connectivity index (χ2v) is 7.47. The lowest BCUT2D eigenvalue weighted by atomic mass is 10.2. The molecule has 0 saturated carbocycles. The van der Waals surface area contributed by atoms with Crippen LogP contribution in [0.3, 0.4) is 0 Å². The van der Waals surface area contributed by atoms with E-state index in [1.807, 2.05) is 19.9 Å². The van der Waals surface area contributed by atoms with Crippen LogP contribution in [0.15, 0.2) is 24.5 Å². The summed E-state index contributed by atoms with van der Waals surface area (Å²) in [5.41, 5.74) is 3.64. The minimum Gasteiger partial charge on any atom is -0.464 e. The number of halogens is 2. The van der Waals surface area contributed by atoms with E-state index in [0.29, 0.717) is 32.9 Å². The first-order valence-electron chi connectivity index (χ1n) is 8.74. The van der Waals surface area contributed by atoms with Crippen LogP contribution in [0, 0.1) is 13.8 Å². The van der Waals surface area contributed by atoms with Crippen LogP contribution in [0.2, 0.25) is 10.0 Å². The SMILES string of the molecule is Cc1cc(C)c2c(OCC(=O)OCc3cn4cc(Cl)cc(Cl)c4n3)nn(C)c2n1. The molecule has 150 valence electrons. The Morgan fingerprint density at radius 2 is 1.93 bits per heavy atom. The molecule has 0 atom stereocenters. The van der Waals surface area contributed by atoms with Crippen molar-refractivity contribution >= 4 is 45.9 Å². The highest BCUT2D eigenvalue weighted by molar-refractivity contribution is 6.36. The highest BCUT2D eigenvalue weighted by Gasteiger charge is 2.16. The molecule has 0 unspecified atom stereocenters. The molecule has 4 rings (SSSR count). The Morgan fingerprint density at radius 3 is 2.72 bits per heavy atom. The zero-order valence-corrected chi connectivity index (χ0v) is 17.5. The molecule has 10 heteroatoms. The largest absolute Gasteiger partial charge is 0.464 e. The molecule has 0 N–H and O–H groups in total. The van der Waals surface area contributed by atoms with E-state index in [-0.39, 0.29) is 13.2 Å². The summed E-state index contributed by atoms with van der Waals surface area (Å²) in [6.45, 7) is 3.57. The third-order valence-corrected chi connectivity index (χ3v) is 4.80. The summed E-state index contributed by atoms with van der Waals surface area (Å²) in [6, 6.07) is 3.54. The van der Waals surface area contributed by atoms with Crippen LogP contribution in [0.1, 0.15) is 17.0 Å². The molecule has 0 aliphatic carbocycles. The van der Waals surface area contributed by atoms with Gasteiger partial charge in [0.05, 0.1) is 21.1 Å². The Labute approximate surface area is 176 Å². The number of hydrogen-bond acceptors (Lipinski definition) is 6. The highest BCUT2D eigenvalue weighted by Crippen LogP contribution is 2.27. The number of carbonyl (C=O) groups is 1. The molecule has 0 amide bonds. The van der Waals surface area contributed by atoms with Crippen LogP contribution in [-0.4, -0.2) is 36.7 Å². The smallest absolute Gasteiger partial charge is 0.344 e. The van der Waals surface area contributed by atoms with Gasteiger partial charge in [-0.1, -0.05) is 23.2 Å². The van der Waals surface area contributed by atoms with Crippen LogP contribution in [-0.2, 0) is 23.2 Å². The Balaban J connectivity index is 1.42. The third-order valence-electron chi connectivity index (χ3n) is 4.32. The van der Waals surface area contributed by atoms with Gasteiger partial charge in [0.2, 0.25) is 5.88 Å². The van der Waals surface area contributed by atoms with E-state index in [2.05, 4.69) is 15.1 Å². The second kappa shape index (κ2) is 7.53. The van der Waals surface area contributed by atoms with E-state index in [4.69, 9.17) is 32.7 Å². The summed E-state index contributed by atoms with van der Waals surface area (Å²) in [4.78, 5) is 20.9. The molecule has 0 bridgehead atoms. The van der Waals surface area contributed by atoms with Gasteiger partial charge in [0.1, 0.15) is 6.61 Å². The number of aryl methyl sites for hydroxylation is 3. The summed E-state index contributed by atoms with van der Waals surface area (Å²) in [7, 11) is 1.78. The van der Waals surface area contributed by atoms with E-state index < -0.39 is 5.97 Å². The molecule has 0 aliphatic heterocycles. The molecule has 4 aromatic heterocycles. The maximum Gasteiger partial charge on any atom is 0.344 e. The van der Waals surface area contributed by atoms with Gasteiger partial charge in [-0.25, -0.2) is 19.4 Å². The van der Waals surface area contributed by atoms with Crippen molar-refractivity contribution in [2.24, 2.45) is 7.05 Å². The predicted octanol–water partition coefficient (Wildman–Crippen LogP) is 3.66. The predicted molar refractivity (Wildman–Crippen MR) is 108 cm³/mol. The number of aromatic nitrogens is 5. The number of ether oxygens (including phenoxy) is 2. The number of nitrogens with zero attached hydrogens (tertiary/aromatic N) is 5. The van der Waals surface area contributed by atoms with Gasteiger partial charge in [0, 0.05) is 25.1 Å². The highest BCUT2D eigenvalue weighted by atomic mass is 35.5. The average molecular weight is 434 g/mol. The summed E-state index contributed by atoms with van der Waals surface area (Å²) < 4.78 is 14.2. The van der Waals surface area contributed by atoms with Crippen molar-refractivity contribution in [1.29, 1.82) is 0 Å². The van der Waals surface area contributed by atoms with Crippen molar-refractivity contribution in [2.45, 2.75) is 20.5 Å². The first-order chi connectivity index (χ1) is 13.8. The van der Waals surface area contributed by atoms with Gasteiger partial charge in [0.15, 0.2) is 17.9 Å². The first-order valence-corrected chi connectivity index (χ1v) is 9.49. The summed E-state index contributed by atoms with van der Waals surface area (Å²) in [5, 5.41) is 5.99. The van der Waals surface area contributed by atoms with Gasteiger partial charge < -0.3 is 13.9 Å². The van der Waals surface area contributed by atoms with Crippen molar-refractivity contribution in [2.75, 3.05) is 6.61 Å². The zero-order chi connectivity index (χ0) is 20.7. The standard InChI is InChI=1S/C19H17Cl2N5O3/c1-10-4-11(2)22-18-16(10)19(24-25(18)3)29-9-15(27)28-8-13-7-26-6-12(20)5-14(21)17(26)23-13/h4-7H,8-9H2,1-3H3. The van der Waals surface area contributed by atoms with Crippen molar-refractivity contribution in [3.8, 4) is 5.88 Å². The maximum absolute atomic E-state index is 12.1. The van der Waals surface area contributed by atoms with Crippen LogP contribution in [0.25, 0.3) is 16.7 Å². The Hall–Kier alpha value is -2.84. The Kier molecular flexibility index (Phi) is 5.06. The topological polar surface area (TPSA) is 83.5 Å². The number of esters is 1. The molecule has 8 nitrogen and oxygen atoms in total. The second-order valence-electron chi connectivity index (χ2n) is 6.63. The fourth-order valence-electron chi connectivity index (χ4n) is 3.12. The van der Waals surface area contributed by atoms with Gasteiger partial charge in [-0.15, -0.1) is 5.10 Å². The van der Waals surface area contributed by atoms with Crippen LogP contribution in [0.5, 0.6) is 5.88 Å². The van der Waals surface area contributed by atoms with Crippen molar-refractivity contribution in [1.82, 2.24) is 24.1 Å². The molecule has 29 heavy (non-hydrogen) atoms. The molecule has 0 aromatic carbocycles. The molecule has 0 radical (unpaired) electrons. The van der Waals surface area contributed by atoms with Gasteiger partial charge in [-0.3, -0.25) is 0 Å². The number of pyridine rings is 2. The maximum atomic E-state index is 12.1. The lowest BCUT2D eigenvalue weighted by Gasteiger charge is -2.05. The molecular weight excluding hydrogens is 417 g/mol. The van der Waals surface area contributed by atoms with Gasteiger partial charge in [0.25, 0.3) is 0 Å². The average Bonchev–Trinajstić information content (AvgIpc) is 3.19. The number of rotatable bonds is 5. The summed E-state index contributed by atoms with van der Waals surface area (Å²) in [6.07, 6.45) is 3.37. The Morgan fingerprint density at radius 1 is 1.14 bits per heavy atom. The fraction of sp³-hybridized carbons (Fsp3) is 0.263. The minimum absolute atomic E-state index is 0.0133. The lowest BCUT2D eigenvalue weighted by molar-refractivity contribution is -0.147. The normalized spacial score (nSPS) is 11.3. The van der Waals surface area contributed by atoms with E-state index in [0.717, 1.165) is 16.6 Å². The quantitative estimate of drug-likeness (QED) is 0.446. The van der Waals surface area contributed by atoms with Gasteiger partial charge in [-0.2, -0.15) is 0 Å². The first kappa shape index (κ1) is 19.5. The van der Waals surface area contributed by atoms with Crippen molar-refractivity contribution in [3.63, 3.8) is 0 Å². The molecule has 0 fully saturated rings. The van der Waals surface area contributed by atoms with Gasteiger partial charge in [-0.05, 0) is 31.5 Å². The fourth-order valence-corrected chi connectivity index (χ4v) is 3.65. The molecule has 0 saturated heterocycles. The lowest BCUT2D eigenvalue weighted by Crippen LogP contribution is -2.15. The van der Waals surface area contributed by atoms with Crippen LogP contribution < -0.4 is 4.74 Å². The molecule has 0 aliphatic rings. The summed E-state index contributed by atoms with van der Waals surface area (Å²) >= 11 is 12.1. The molecular formula is C19H17Cl2N5O3.